The third-order valence-corrected chi connectivity index (χ3v) is 5.75. The average Bonchev–Trinajstić information content (AvgIpc) is 2.68. The molecule has 1 aromatic carbocycles. The predicted molar refractivity (Wildman–Crippen MR) is 100 cm³/mol. The topological polar surface area (TPSA) is 58.6 Å². The number of carbonyl (C=O) groups excluding carboxylic acids is 2. The Kier molecular flexibility index (Phi) is 6.83. The second-order valence-corrected chi connectivity index (χ2v) is 7.53. The van der Waals surface area contributed by atoms with Crippen LogP contribution in [0.3, 0.4) is 0 Å². The lowest BCUT2D eigenvalue weighted by atomic mass is 9.82. The molecule has 1 aromatic rings. The quantitative estimate of drug-likeness (QED) is 0.829. The first-order valence-corrected chi connectivity index (χ1v) is 9.95. The molecule has 5 nitrogen and oxygen atoms in total. The predicted octanol–water partition coefficient (Wildman–Crippen LogP) is 3.20. The molecule has 0 radical (unpaired) electrons. The lowest BCUT2D eigenvalue weighted by Gasteiger charge is -2.41. The fraction of sp³-hybridized carbons (Fsp3) is 0.619. The molecule has 2 fully saturated rings. The van der Waals surface area contributed by atoms with Gasteiger partial charge in [0, 0.05) is 31.7 Å². The van der Waals surface area contributed by atoms with E-state index in [1.807, 2.05) is 0 Å². The van der Waals surface area contributed by atoms with Gasteiger partial charge in [-0.15, -0.1) is 0 Å². The maximum Gasteiger partial charge on any atom is 0.225 e. The SMILES string of the molecule is COCCN1C(=O)CC[C@@H](C(=O)NC2CCCCC2)[C@@H]1c1ccccc1F. The van der Waals surface area contributed by atoms with E-state index in [2.05, 4.69) is 5.32 Å². The molecule has 27 heavy (non-hydrogen) atoms. The van der Waals surface area contributed by atoms with Crippen LogP contribution in [-0.4, -0.2) is 43.0 Å². The van der Waals surface area contributed by atoms with Crippen LogP contribution < -0.4 is 5.32 Å². The molecule has 2 atom stereocenters. The highest BCUT2D eigenvalue weighted by atomic mass is 19.1. The van der Waals surface area contributed by atoms with Crippen molar-refractivity contribution in [3.63, 3.8) is 0 Å². The van der Waals surface area contributed by atoms with Crippen LogP contribution in [0.1, 0.15) is 56.6 Å². The van der Waals surface area contributed by atoms with Gasteiger partial charge in [0.05, 0.1) is 18.6 Å². The minimum atomic E-state index is -0.591. The summed E-state index contributed by atoms with van der Waals surface area (Å²) in [6.45, 7) is 0.704. The first kappa shape index (κ1) is 19.8. The molecule has 6 heteroatoms. The van der Waals surface area contributed by atoms with Crippen molar-refractivity contribution in [1.82, 2.24) is 10.2 Å². The Hall–Kier alpha value is -1.95. The van der Waals surface area contributed by atoms with Gasteiger partial charge in [-0.3, -0.25) is 9.59 Å². The van der Waals surface area contributed by atoms with Crippen molar-refractivity contribution in [1.29, 1.82) is 0 Å². The van der Waals surface area contributed by atoms with Crippen LogP contribution >= 0.6 is 0 Å². The van der Waals surface area contributed by atoms with Gasteiger partial charge in [-0.1, -0.05) is 37.5 Å². The van der Waals surface area contributed by atoms with Crippen LogP contribution in [0.4, 0.5) is 4.39 Å². The molecular weight excluding hydrogens is 347 g/mol. The molecular formula is C21H29FN2O3. The second kappa shape index (κ2) is 9.31. The number of rotatable bonds is 6. The molecule has 1 aliphatic heterocycles. The Bertz CT molecular complexity index is 661. The van der Waals surface area contributed by atoms with E-state index in [1.165, 1.54) is 12.5 Å². The lowest BCUT2D eigenvalue weighted by molar-refractivity contribution is -0.144. The van der Waals surface area contributed by atoms with E-state index in [0.29, 0.717) is 31.6 Å². The zero-order valence-electron chi connectivity index (χ0n) is 16.0. The number of carbonyl (C=O) groups is 2. The van der Waals surface area contributed by atoms with Crippen molar-refractivity contribution < 1.29 is 18.7 Å². The largest absolute Gasteiger partial charge is 0.383 e. The first-order chi connectivity index (χ1) is 13.1. The highest BCUT2D eigenvalue weighted by molar-refractivity contribution is 5.85. The first-order valence-electron chi connectivity index (χ1n) is 9.95. The maximum absolute atomic E-state index is 14.6. The Morgan fingerprint density at radius 3 is 2.67 bits per heavy atom. The van der Waals surface area contributed by atoms with Crippen LogP contribution in [0.5, 0.6) is 0 Å². The molecule has 0 spiro atoms. The van der Waals surface area contributed by atoms with Gasteiger partial charge in [0.15, 0.2) is 0 Å². The third kappa shape index (κ3) is 4.67. The Morgan fingerprint density at radius 2 is 1.96 bits per heavy atom. The fourth-order valence-corrected chi connectivity index (χ4v) is 4.34. The number of likely N-dealkylation sites (tertiary alicyclic amines) is 1. The minimum Gasteiger partial charge on any atom is -0.383 e. The number of nitrogens with one attached hydrogen (secondary N) is 1. The van der Waals surface area contributed by atoms with E-state index in [9.17, 15) is 14.0 Å². The Labute approximate surface area is 160 Å². The lowest BCUT2D eigenvalue weighted by Crippen LogP contribution is -2.51. The molecule has 2 amide bonds. The van der Waals surface area contributed by atoms with Crippen molar-refractivity contribution in [2.75, 3.05) is 20.3 Å². The van der Waals surface area contributed by atoms with E-state index < -0.39 is 12.0 Å². The summed E-state index contributed by atoms with van der Waals surface area (Å²) in [7, 11) is 1.57. The zero-order chi connectivity index (χ0) is 19.2. The molecule has 1 heterocycles. The van der Waals surface area contributed by atoms with Crippen LogP contribution in [0.25, 0.3) is 0 Å². The van der Waals surface area contributed by atoms with Gasteiger partial charge in [0.2, 0.25) is 11.8 Å². The van der Waals surface area contributed by atoms with E-state index in [1.54, 1.807) is 30.2 Å². The molecule has 1 aliphatic carbocycles. The van der Waals surface area contributed by atoms with Crippen LogP contribution in [0.15, 0.2) is 24.3 Å². The van der Waals surface area contributed by atoms with E-state index in [4.69, 9.17) is 4.74 Å². The smallest absolute Gasteiger partial charge is 0.225 e. The number of ether oxygens (including phenoxy) is 1. The summed E-state index contributed by atoms with van der Waals surface area (Å²) in [5, 5.41) is 3.17. The van der Waals surface area contributed by atoms with Crippen LogP contribution in [-0.2, 0) is 14.3 Å². The van der Waals surface area contributed by atoms with Crippen molar-refractivity contribution >= 4 is 11.8 Å². The van der Waals surface area contributed by atoms with E-state index >= 15 is 0 Å². The maximum atomic E-state index is 14.6. The standard InChI is InChI=1S/C21H29FN2O3/c1-27-14-13-24-19(25)12-11-17(20(24)16-9-5-6-10-18(16)22)21(26)23-15-7-3-2-4-8-15/h5-6,9-10,15,17,20H,2-4,7-8,11-14H2,1H3,(H,23,26)/t17-,20+/m1/s1. The number of amides is 2. The number of benzene rings is 1. The van der Waals surface area contributed by atoms with Crippen molar-refractivity contribution in [3.8, 4) is 0 Å². The normalized spacial score (nSPS) is 24.1. The summed E-state index contributed by atoms with van der Waals surface area (Å²) in [5.74, 6) is -0.944. The van der Waals surface area contributed by atoms with Crippen LogP contribution in [0.2, 0.25) is 0 Å². The number of hydrogen-bond donors (Lipinski definition) is 1. The van der Waals surface area contributed by atoms with Gasteiger partial charge in [-0.25, -0.2) is 4.39 Å². The third-order valence-electron chi connectivity index (χ3n) is 5.75. The number of halogens is 1. The summed E-state index contributed by atoms with van der Waals surface area (Å²) < 4.78 is 19.7. The van der Waals surface area contributed by atoms with Gasteiger partial charge in [-0.2, -0.15) is 0 Å². The van der Waals surface area contributed by atoms with Gasteiger partial charge < -0.3 is 15.0 Å². The number of piperidine rings is 1. The van der Waals surface area contributed by atoms with Crippen LogP contribution in [0, 0.1) is 11.7 Å². The van der Waals surface area contributed by atoms with Gasteiger partial charge in [0.1, 0.15) is 5.82 Å². The molecule has 148 valence electrons. The van der Waals surface area contributed by atoms with E-state index in [-0.39, 0.29) is 23.7 Å². The zero-order valence-corrected chi connectivity index (χ0v) is 16.0. The monoisotopic (exact) mass is 376 g/mol. The molecule has 1 N–H and O–H groups in total. The molecule has 1 saturated carbocycles. The molecule has 3 rings (SSSR count). The molecule has 0 unspecified atom stereocenters. The number of methoxy groups -OCH3 is 1. The fourth-order valence-electron chi connectivity index (χ4n) is 4.34. The molecule has 0 aromatic heterocycles. The Balaban J connectivity index is 1.86. The summed E-state index contributed by atoms with van der Waals surface area (Å²) in [4.78, 5) is 27.3. The second-order valence-electron chi connectivity index (χ2n) is 7.53. The average molecular weight is 376 g/mol. The number of nitrogens with zero attached hydrogens (tertiary/aromatic N) is 1. The van der Waals surface area contributed by atoms with Gasteiger partial charge in [0.25, 0.3) is 0 Å². The van der Waals surface area contributed by atoms with Crippen molar-refractivity contribution in [3.05, 3.63) is 35.6 Å². The number of hydrogen-bond acceptors (Lipinski definition) is 3. The van der Waals surface area contributed by atoms with Crippen molar-refractivity contribution in [2.24, 2.45) is 5.92 Å². The summed E-state index contributed by atoms with van der Waals surface area (Å²) in [6, 6.07) is 6.05. The highest BCUT2D eigenvalue weighted by Gasteiger charge is 2.41. The molecule has 2 aliphatic rings. The summed E-state index contributed by atoms with van der Waals surface area (Å²) in [6.07, 6.45) is 6.21. The summed E-state index contributed by atoms with van der Waals surface area (Å²) in [5.41, 5.74) is 0.408. The summed E-state index contributed by atoms with van der Waals surface area (Å²) >= 11 is 0. The van der Waals surface area contributed by atoms with Crippen molar-refractivity contribution in [2.45, 2.75) is 57.0 Å². The Morgan fingerprint density at radius 1 is 1.22 bits per heavy atom. The van der Waals surface area contributed by atoms with Gasteiger partial charge >= 0.3 is 0 Å². The highest BCUT2D eigenvalue weighted by Crippen LogP contribution is 2.38. The minimum absolute atomic E-state index is 0.0537. The van der Waals surface area contributed by atoms with E-state index in [0.717, 1.165) is 25.7 Å². The van der Waals surface area contributed by atoms with Gasteiger partial charge in [-0.05, 0) is 25.3 Å². The molecule has 0 bridgehead atoms. The molecule has 1 saturated heterocycles.